The van der Waals surface area contributed by atoms with Crippen LogP contribution in [0, 0.1) is 6.92 Å². The van der Waals surface area contributed by atoms with Gasteiger partial charge < -0.3 is 14.6 Å². The van der Waals surface area contributed by atoms with Gasteiger partial charge in [0.2, 0.25) is 0 Å². The van der Waals surface area contributed by atoms with E-state index in [9.17, 15) is 9.90 Å². The molecule has 4 heteroatoms. The fourth-order valence-corrected chi connectivity index (χ4v) is 3.79. The predicted octanol–water partition coefficient (Wildman–Crippen LogP) is 3.70. The standard InChI is InChI=1S/C19H26N2O2/c1-3-9-21-14(2)16(8-12-20-10-4-5-11-20)17-13-15(19(22)23)6-7-18(17)21/h6-7,13H,3-5,8-12H2,1-2H3,(H,22,23). The number of benzene rings is 1. The predicted molar refractivity (Wildman–Crippen MR) is 93.3 cm³/mol. The minimum absolute atomic E-state index is 0.383. The average molecular weight is 314 g/mol. The van der Waals surface area contributed by atoms with Crippen LogP contribution < -0.4 is 0 Å². The molecule has 2 heterocycles. The Balaban J connectivity index is 1.99. The largest absolute Gasteiger partial charge is 0.478 e. The van der Waals surface area contributed by atoms with E-state index in [-0.39, 0.29) is 0 Å². The molecule has 0 bridgehead atoms. The maximum absolute atomic E-state index is 11.3. The van der Waals surface area contributed by atoms with Crippen molar-refractivity contribution >= 4 is 16.9 Å². The molecule has 0 spiro atoms. The van der Waals surface area contributed by atoms with Crippen LogP contribution in [0.3, 0.4) is 0 Å². The zero-order valence-electron chi connectivity index (χ0n) is 14.1. The van der Waals surface area contributed by atoms with Crippen molar-refractivity contribution in [2.45, 2.75) is 46.1 Å². The summed E-state index contributed by atoms with van der Waals surface area (Å²) in [5, 5.41) is 10.4. The van der Waals surface area contributed by atoms with Gasteiger partial charge in [0, 0.05) is 29.7 Å². The van der Waals surface area contributed by atoms with Gasteiger partial charge in [0.1, 0.15) is 0 Å². The molecule has 0 unspecified atom stereocenters. The van der Waals surface area contributed by atoms with Crippen LogP contribution in [0.1, 0.15) is 47.8 Å². The van der Waals surface area contributed by atoms with Crippen LogP contribution in [0.25, 0.3) is 10.9 Å². The van der Waals surface area contributed by atoms with Crippen molar-refractivity contribution in [2.24, 2.45) is 0 Å². The number of hydrogen-bond acceptors (Lipinski definition) is 2. The van der Waals surface area contributed by atoms with E-state index in [0.29, 0.717) is 5.56 Å². The van der Waals surface area contributed by atoms with E-state index in [1.54, 1.807) is 6.07 Å². The highest BCUT2D eigenvalue weighted by atomic mass is 16.4. The Morgan fingerprint density at radius 1 is 1.22 bits per heavy atom. The molecule has 1 aliphatic heterocycles. The summed E-state index contributed by atoms with van der Waals surface area (Å²) in [5.74, 6) is -0.849. The summed E-state index contributed by atoms with van der Waals surface area (Å²) in [5.41, 5.74) is 4.17. The van der Waals surface area contributed by atoms with Gasteiger partial charge in [0.25, 0.3) is 0 Å². The van der Waals surface area contributed by atoms with Gasteiger partial charge in [-0.1, -0.05) is 6.92 Å². The summed E-state index contributed by atoms with van der Waals surface area (Å²) in [6.45, 7) is 8.82. The van der Waals surface area contributed by atoms with Gasteiger partial charge in [0.05, 0.1) is 5.56 Å². The molecular formula is C19H26N2O2. The number of carbonyl (C=O) groups is 1. The Labute approximate surface area is 137 Å². The van der Waals surface area contributed by atoms with Crippen molar-refractivity contribution < 1.29 is 9.90 Å². The molecule has 3 rings (SSSR count). The van der Waals surface area contributed by atoms with Gasteiger partial charge in [-0.2, -0.15) is 0 Å². The number of carboxylic acid groups (broad SMARTS) is 1. The van der Waals surface area contributed by atoms with Crippen LogP contribution in [0.2, 0.25) is 0 Å². The maximum atomic E-state index is 11.3. The molecule has 1 N–H and O–H groups in total. The molecule has 1 aromatic heterocycles. The summed E-state index contributed by atoms with van der Waals surface area (Å²) in [7, 11) is 0. The molecule has 124 valence electrons. The van der Waals surface area contributed by atoms with E-state index < -0.39 is 5.97 Å². The first kappa shape index (κ1) is 16.1. The van der Waals surface area contributed by atoms with Crippen LogP contribution >= 0.6 is 0 Å². The van der Waals surface area contributed by atoms with E-state index in [1.807, 2.05) is 12.1 Å². The number of aryl methyl sites for hydroxylation is 1. The van der Waals surface area contributed by atoms with Crippen molar-refractivity contribution in [2.75, 3.05) is 19.6 Å². The third-order valence-corrected chi connectivity index (χ3v) is 5.02. The van der Waals surface area contributed by atoms with E-state index in [0.717, 1.165) is 31.3 Å². The molecule has 1 aliphatic rings. The van der Waals surface area contributed by atoms with Crippen molar-refractivity contribution in [3.05, 3.63) is 35.0 Å². The molecule has 2 aromatic rings. The number of nitrogens with zero attached hydrogens (tertiary/aromatic N) is 2. The number of fused-ring (bicyclic) bond motifs is 1. The maximum Gasteiger partial charge on any atom is 0.335 e. The molecule has 1 saturated heterocycles. The second kappa shape index (κ2) is 6.75. The van der Waals surface area contributed by atoms with Gasteiger partial charge in [-0.05, 0) is 69.5 Å². The highest BCUT2D eigenvalue weighted by molar-refractivity contribution is 5.95. The van der Waals surface area contributed by atoms with Crippen LogP contribution in [-0.4, -0.2) is 40.2 Å². The summed E-state index contributed by atoms with van der Waals surface area (Å²) in [6, 6.07) is 5.55. The van der Waals surface area contributed by atoms with Crippen LogP contribution in [0.5, 0.6) is 0 Å². The first-order valence-corrected chi connectivity index (χ1v) is 8.69. The summed E-state index contributed by atoms with van der Waals surface area (Å²) >= 11 is 0. The zero-order chi connectivity index (χ0) is 16.4. The second-order valence-corrected chi connectivity index (χ2v) is 6.55. The van der Waals surface area contributed by atoms with E-state index in [1.165, 1.54) is 42.7 Å². The molecule has 23 heavy (non-hydrogen) atoms. The number of rotatable bonds is 6. The first-order chi connectivity index (χ1) is 11.1. The van der Waals surface area contributed by atoms with Gasteiger partial charge in [-0.3, -0.25) is 0 Å². The minimum Gasteiger partial charge on any atom is -0.478 e. The normalized spacial score (nSPS) is 15.6. The molecular weight excluding hydrogens is 288 g/mol. The lowest BCUT2D eigenvalue weighted by Crippen LogP contribution is -2.22. The lowest BCUT2D eigenvalue weighted by atomic mass is 10.1. The fraction of sp³-hybridized carbons (Fsp3) is 0.526. The molecule has 0 amide bonds. The topological polar surface area (TPSA) is 45.5 Å². The molecule has 0 atom stereocenters. The van der Waals surface area contributed by atoms with E-state index >= 15 is 0 Å². The highest BCUT2D eigenvalue weighted by Crippen LogP contribution is 2.28. The SMILES string of the molecule is CCCn1c(C)c(CCN2CCCC2)c2cc(C(=O)O)ccc21. The Morgan fingerprint density at radius 3 is 2.61 bits per heavy atom. The summed E-state index contributed by atoms with van der Waals surface area (Å²) < 4.78 is 2.35. The molecule has 1 aromatic carbocycles. The third-order valence-electron chi connectivity index (χ3n) is 5.02. The lowest BCUT2D eigenvalue weighted by Gasteiger charge is -2.14. The summed E-state index contributed by atoms with van der Waals surface area (Å²) in [4.78, 5) is 13.8. The van der Waals surface area contributed by atoms with Crippen molar-refractivity contribution in [1.29, 1.82) is 0 Å². The van der Waals surface area contributed by atoms with Crippen molar-refractivity contribution in [1.82, 2.24) is 9.47 Å². The Hall–Kier alpha value is -1.81. The minimum atomic E-state index is -0.849. The molecule has 4 nitrogen and oxygen atoms in total. The van der Waals surface area contributed by atoms with E-state index in [4.69, 9.17) is 0 Å². The smallest absolute Gasteiger partial charge is 0.335 e. The second-order valence-electron chi connectivity index (χ2n) is 6.55. The quantitative estimate of drug-likeness (QED) is 0.884. The Morgan fingerprint density at radius 2 is 1.96 bits per heavy atom. The number of likely N-dealkylation sites (tertiary alicyclic amines) is 1. The van der Waals surface area contributed by atoms with Crippen LogP contribution in [0.15, 0.2) is 18.2 Å². The molecule has 0 saturated carbocycles. The molecule has 0 aliphatic carbocycles. The van der Waals surface area contributed by atoms with Gasteiger partial charge in [-0.15, -0.1) is 0 Å². The average Bonchev–Trinajstić information content (AvgIpc) is 3.13. The van der Waals surface area contributed by atoms with Crippen molar-refractivity contribution in [3.63, 3.8) is 0 Å². The Kier molecular flexibility index (Phi) is 4.71. The van der Waals surface area contributed by atoms with E-state index in [2.05, 4.69) is 23.3 Å². The van der Waals surface area contributed by atoms with Crippen LogP contribution in [0.4, 0.5) is 0 Å². The number of aromatic carboxylic acids is 1. The monoisotopic (exact) mass is 314 g/mol. The third kappa shape index (κ3) is 3.13. The lowest BCUT2D eigenvalue weighted by molar-refractivity contribution is 0.0697. The highest BCUT2D eigenvalue weighted by Gasteiger charge is 2.18. The van der Waals surface area contributed by atoms with Crippen molar-refractivity contribution in [3.8, 4) is 0 Å². The Bertz CT molecular complexity index is 712. The van der Waals surface area contributed by atoms with Gasteiger partial charge in [-0.25, -0.2) is 4.79 Å². The van der Waals surface area contributed by atoms with Gasteiger partial charge in [0.15, 0.2) is 0 Å². The molecule has 1 fully saturated rings. The number of aromatic nitrogens is 1. The van der Waals surface area contributed by atoms with Crippen LogP contribution in [-0.2, 0) is 13.0 Å². The zero-order valence-corrected chi connectivity index (χ0v) is 14.1. The summed E-state index contributed by atoms with van der Waals surface area (Å²) in [6.07, 6.45) is 4.69. The molecule has 0 radical (unpaired) electrons. The number of carboxylic acids is 1. The fourth-order valence-electron chi connectivity index (χ4n) is 3.79. The number of hydrogen-bond donors (Lipinski definition) is 1. The first-order valence-electron chi connectivity index (χ1n) is 8.69. The van der Waals surface area contributed by atoms with Gasteiger partial charge >= 0.3 is 5.97 Å².